The summed E-state index contributed by atoms with van der Waals surface area (Å²) in [5.41, 5.74) is 1.62. The zero-order chi connectivity index (χ0) is 18.5. The van der Waals surface area contributed by atoms with Gasteiger partial charge in [0.05, 0.1) is 11.6 Å². The molecule has 7 heteroatoms. The molecule has 130 valence electrons. The highest BCUT2D eigenvalue weighted by Gasteiger charge is 2.15. The van der Waals surface area contributed by atoms with Crippen LogP contribution in [0.2, 0.25) is 0 Å². The highest BCUT2D eigenvalue weighted by molar-refractivity contribution is 5.76. The molecule has 1 aromatic heterocycles. The van der Waals surface area contributed by atoms with Gasteiger partial charge in [0.25, 0.3) is 0 Å². The molecule has 0 bridgehead atoms. The predicted octanol–water partition coefficient (Wildman–Crippen LogP) is 2.58. The molecule has 0 spiro atoms. The molecular formula is C19H16FN5O. The molecule has 0 aliphatic heterocycles. The Balaban J connectivity index is 1.76. The average Bonchev–Trinajstić information content (AvgIpc) is 3.01. The first-order chi connectivity index (χ1) is 12.6. The van der Waals surface area contributed by atoms with Crippen molar-refractivity contribution in [2.24, 2.45) is 0 Å². The molecule has 0 radical (unpaired) electrons. The summed E-state index contributed by atoms with van der Waals surface area (Å²) in [6, 6.07) is 15.3. The van der Waals surface area contributed by atoms with E-state index in [1.165, 1.54) is 6.07 Å². The van der Waals surface area contributed by atoms with Gasteiger partial charge in [-0.25, -0.2) is 4.39 Å². The highest BCUT2D eigenvalue weighted by atomic mass is 19.1. The van der Waals surface area contributed by atoms with Gasteiger partial charge < -0.3 is 9.88 Å². The molecule has 0 unspecified atom stereocenters. The van der Waals surface area contributed by atoms with E-state index in [1.54, 1.807) is 54.0 Å². The largest absolute Gasteiger partial charge is 0.350 e. The van der Waals surface area contributed by atoms with Crippen LogP contribution in [-0.2, 0) is 17.9 Å². The molecule has 0 saturated heterocycles. The van der Waals surface area contributed by atoms with Gasteiger partial charge in [-0.1, -0.05) is 30.3 Å². The minimum absolute atomic E-state index is 0.000595. The summed E-state index contributed by atoms with van der Waals surface area (Å²) in [5, 5.41) is 19.9. The lowest BCUT2D eigenvalue weighted by Crippen LogP contribution is -2.28. The number of benzene rings is 2. The van der Waals surface area contributed by atoms with Crippen molar-refractivity contribution in [2.45, 2.75) is 20.0 Å². The first-order valence-electron chi connectivity index (χ1n) is 7.99. The Morgan fingerprint density at radius 2 is 2.04 bits per heavy atom. The van der Waals surface area contributed by atoms with Crippen molar-refractivity contribution >= 4 is 5.91 Å². The Morgan fingerprint density at radius 1 is 1.23 bits per heavy atom. The second-order valence-electron chi connectivity index (χ2n) is 5.72. The number of amides is 1. The SMILES string of the molecule is Cc1nnc(-c2cccc(C#N)c2)n1CC(=O)NCc1ccccc1F. The lowest BCUT2D eigenvalue weighted by Gasteiger charge is -2.10. The summed E-state index contributed by atoms with van der Waals surface area (Å²) in [4.78, 5) is 12.3. The van der Waals surface area contributed by atoms with E-state index in [4.69, 9.17) is 5.26 Å². The minimum Gasteiger partial charge on any atom is -0.350 e. The lowest BCUT2D eigenvalue weighted by atomic mass is 10.1. The van der Waals surface area contributed by atoms with Crippen LogP contribution in [0.3, 0.4) is 0 Å². The van der Waals surface area contributed by atoms with E-state index >= 15 is 0 Å². The summed E-state index contributed by atoms with van der Waals surface area (Å²) in [6.07, 6.45) is 0. The van der Waals surface area contributed by atoms with E-state index in [0.717, 1.165) is 0 Å². The number of nitrogens with one attached hydrogen (secondary N) is 1. The first kappa shape index (κ1) is 17.3. The Hall–Kier alpha value is -3.53. The quantitative estimate of drug-likeness (QED) is 0.767. The van der Waals surface area contributed by atoms with E-state index < -0.39 is 0 Å². The molecule has 1 heterocycles. The lowest BCUT2D eigenvalue weighted by molar-refractivity contribution is -0.121. The Morgan fingerprint density at radius 3 is 2.81 bits per heavy atom. The minimum atomic E-state index is -0.359. The Labute approximate surface area is 149 Å². The predicted molar refractivity (Wildman–Crippen MR) is 93.2 cm³/mol. The maximum Gasteiger partial charge on any atom is 0.240 e. The van der Waals surface area contributed by atoms with Crippen molar-refractivity contribution in [3.63, 3.8) is 0 Å². The molecule has 6 nitrogen and oxygen atoms in total. The summed E-state index contributed by atoms with van der Waals surface area (Å²) in [7, 11) is 0. The van der Waals surface area contributed by atoms with Crippen LogP contribution in [0, 0.1) is 24.1 Å². The van der Waals surface area contributed by atoms with Gasteiger partial charge in [0.1, 0.15) is 18.2 Å². The number of aryl methyl sites for hydroxylation is 1. The van der Waals surface area contributed by atoms with Crippen LogP contribution in [0.5, 0.6) is 0 Å². The molecule has 2 aromatic carbocycles. The molecule has 0 aliphatic carbocycles. The molecule has 26 heavy (non-hydrogen) atoms. The van der Waals surface area contributed by atoms with Crippen LogP contribution in [0.25, 0.3) is 11.4 Å². The number of hydrogen-bond acceptors (Lipinski definition) is 4. The monoisotopic (exact) mass is 349 g/mol. The third-order valence-corrected chi connectivity index (χ3v) is 3.92. The summed E-state index contributed by atoms with van der Waals surface area (Å²) < 4.78 is 15.3. The van der Waals surface area contributed by atoms with Crippen molar-refractivity contribution in [3.8, 4) is 17.5 Å². The molecule has 0 fully saturated rings. The van der Waals surface area contributed by atoms with Gasteiger partial charge in [0, 0.05) is 17.7 Å². The third-order valence-electron chi connectivity index (χ3n) is 3.92. The van der Waals surface area contributed by atoms with E-state index in [2.05, 4.69) is 21.6 Å². The summed E-state index contributed by atoms with van der Waals surface area (Å²) >= 11 is 0. The standard InChI is InChI=1S/C19H16FN5O/c1-13-23-24-19(15-7-4-5-14(9-15)10-21)25(13)12-18(26)22-11-16-6-2-3-8-17(16)20/h2-9H,11-12H2,1H3,(H,22,26). The molecule has 3 rings (SSSR count). The first-order valence-corrected chi connectivity index (χ1v) is 7.99. The van der Waals surface area contributed by atoms with Crippen LogP contribution in [-0.4, -0.2) is 20.7 Å². The van der Waals surface area contributed by atoms with Gasteiger partial charge in [0.15, 0.2) is 5.82 Å². The molecule has 1 N–H and O–H groups in total. The highest BCUT2D eigenvalue weighted by Crippen LogP contribution is 2.19. The number of nitrogens with zero attached hydrogens (tertiary/aromatic N) is 4. The smallest absolute Gasteiger partial charge is 0.240 e. The molecule has 3 aromatic rings. The summed E-state index contributed by atoms with van der Waals surface area (Å²) in [5.74, 6) is 0.431. The molecule has 0 atom stereocenters. The van der Waals surface area contributed by atoms with Crippen molar-refractivity contribution in [2.75, 3.05) is 0 Å². The van der Waals surface area contributed by atoms with Crippen LogP contribution in [0.15, 0.2) is 48.5 Å². The average molecular weight is 349 g/mol. The van der Waals surface area contributed by atoms with Gasteiger partial charge >= 0.3 is 0 Å². The number of aromatic nitrogens is 3. The second-order valence-corrected chi connectivity index (χ2v) is 5.72. The Bertz CT molecular complexity index is 990. The van der Waals surface area contributed by atoms with Crippen molar-refractivity contribution < 1.29 is 9.18 Å². The number of carbonyl (C=O) groups is 1. The van der Waals surface area contributed by atoms with Gasteiger partial charge in [0.2, 0.25) is 5.91 Å². The van der Waals surface area contributed by atoms with Crippen molar-refractivity contribution in [1.82, 2.24) is 20.1 Å². The number of nitriles is 1. The van der Waals surface area contributed by atoms with Gasteiger partial charge in [-0.3, -0.25) is 4.79 Å². The molecule has 0 aliphatic rings. The van der Waals surface area contributed by atoms with E-state index in [9.17, 15) is 9.18 Å². The van der Waals surface area contributed by atoms with Gasteiger partial charge in [-0.15, -0.1) is 10.2 Å². The van der Waals surface area contributed by atoms with E-state index in [-0.39, 0.29) is 24.8 Å². The maximum atomic E-state index is 13.6. The zero-order valence-electron chi connectivity index (χ0n) is 14.1. The second kappa shape index (κ2) is 7.57. The van der Waals surface area contributed by atoms with Crippen LogP contribution >= 0.6 is 0 Å². The number of hydrogen-bond donors (Lipinski definition) is 1. The fraction of sp³-hybridized carbons (Fsp3) is 0.158. The van der Waals surface area contributed by atoms with Crippen LogP contribution in [0.4, 0.5) is 4.39 Å². The van der Waals surface area contributed by atoms with Gasteiger partial charge in [-0.05, 0) is 25.1 Å². The maximum absolute atomic E-state index is 13.6. The fourth-order valence-corrected chi connectivity index (χ4v) is 2.55. The normalized spacial score (nSPS) is 10.3. The van der Waals surface area contributed by atoms with Crippen molar-refractivity contribution in [1.29, 1.82) is 5.26 Å². The molecule has 1 amide bonds. The van der Waals surface area contributed by atoms with Crippen LogP contribution < -0.4 is 5.32 Å². The third kappa shape index (κ3) is 3.75. The molecule has 0 saturated carbocycles. The summed E-state index contributed by atoms with van der Waals surface area (Å²) in [6.45, 7) is 1.85. The number of halogens is 1. The topological polar surface area (TPSA) is 83.6 Å². The number of rotatable bonds is 5. The van der Waals surface area contributed by atoms with E-state index in [0.29, 0.717) is 28.3 Å². The van der Waals surface area contributed by atoms with Crippen LogP contribution in [0.1, 0.15) is 17.0 Å². The van der Waals surface area contributed by atoms with Gasteiger partial charge in [-0.2, -0.15) is 5.26 Å². The Kier molecular flexibility index (Phi) is 5.04. The fourth-order valence-electron chi connectivity index (χ4n) is 2.55. The zero-order valence-corrected chi connectivity index (χ0v) is 14.1. The van der Waals surface area contributed by atoms with E-state index in [1.807, 2.05) is 0 Å². The number of carbonyl (C=O) groups excluding carboxylic acids is 1. The van der Waals surface area contributed by atoms with Crippen molar-refractivity contribution in [3.05, 3.63) is 71.3 Å². The molecular weight excluding hydrogens is 333 g/mol.